The van der Waals surface area contributed by atoms with Gasteiger partial charge in [-0.25, -0.2) is 14.5 Å². The maximum absolute atomic E-state index is 12.0. The Bertz CT molecular complexity index is 815. The molecule has 2 amide bonds. The molecule has 0 aromatic carbocycles. The number of fused-ring (bicyclic) bond motifs is 1. The highest BCUT2D eigenvalue weighted by atomic mass is 32.1. The number of hydrogen-bond donors (Lipinski definition) is 2. The van der Waals surface area contributed by atoms with E-state index in [9.17, 15) is 4.79 Å². The first kappa shape index (κ1) is 15.3. The summed E-state index contributed by atoms with van der Waals surface area (Å²) in [7, 11) is 0. The summed E-state index contributed by atoms with van der Waals surface area (Å²) in [5, 5.41) is 17.4. The van der Waals surface area contributed by atoms with Gasteiger partial charge in [0.15, 0.2) is 5.13 Å². The van der Waals surface area contributed by atoms with Crippen LogP contribution in [0.4, 0.5) is 9.93 Å². The Kier molecular flexibility index (Phi) is 4.26. The van der Waals surface area contributed by atoms with Crippen molar-refractivity contribution >= 4 is 33.8 Å². The molecule has 7 nitrogen and oxygen atoms in total. The molecule has 0 aliphatic heterocycles. The van der Waals surface area contributed by atoms with E-state index in [2.05, 4.69) is 25.9 Å². The van der Waals surface area contributed by atoms with Crippen molar-refractivity contribution in [3.05, 3.63) is 40.0 Å². The molecular weight excluding hydrogens is 344 g/mol. The molecule has 3 aromatic heterocycles. The first-order chi connectivity index (χ1) is 11.8. The van der Waals surface area contributed by atoms with Crippen LogP contribution in [0.3, 0.4) is 0 Å². The van der Waals surface area contributed by atoms with Gasteiger partial charge >= 0.3 is 6.03 Å². The number of amides is 2. The number of aromatic nitrogens is 4. The lowest BCUT2D eigenvalue weighted by Gasteiger charge is -2.06. The van der Waals surface area contributed by atoms with Crippen LogP contribution in [0.15, 0.2) is 23.7 Å². The molecule has 24 heavy (non-hydrogen) atoms. The van der Waals surface area contributed by atoms with Gasteiger partial charge in [0.2, 0.25) is 0 Å². The van der Waals surface area contributed by atoms with Gasteiger partial charge in [-0.2, -0.15) is 0 Å². The van der Waals surface area contributed by atoms with Crippen molar-refractivity contribution in [1.29, 1.82) is 0 Å². The van der Waals surface area contributed by atoms with Gasteiger partial charge in [0.1, 0.15) is 10.7 Å². The van der Waals surface area contributed by atoms with Crippen LogP contribution in [0.1, 0.15) is 29.1 Å². The van der Waals surface area contributed by atoms with Gasteiger partial charge in [-0.1, -0.05) is 5.21 Å². The van der Waals surface area contributed by atoms with E-state index in [0.29, 0.717) is 17.4 Å². The van der Waals surface area contributed by atoms with Gasteiger partial charge in [0.05, 0.1) is 18.4 Å². The van der Waals surface area contributed by atoms with Gasteiger partial charge in [-0.05, 0) is 43.2 Å². The predicted molar refractivity (Wildman–Crippen MR) is 93.9 cm³/mol. The van der Waals surface area contributed by atoms with Crippen molar-refractivity contribution in [3.8, 4) is 5.00 Å². The lowest BCUT2D eigenvalue weighted by atomic mass is 10.0. The fourth-order valence-electron chi connectivity index (χ4n) is 2.60. The predicted octanol–water partition coefficient (Wildman–Crippen LogP) is 2.99. The second kappa shape index (κ2) is 6.70. The third-order valence-electron chi connectivity index (χ3n) is 3.77. The number of carbonyl (C=O) groups is 1. The monoisotopic (exact) mass is 360 g/mol. The van der Waals surface area contributed by atoms with Crippen molar-refractivity contribution in [2.75, 3.05) is 5.32 Å². The van der Waals surface area contributed by atoms with Crippen molar-refractivity contribution in [3.63, 3.8) is 0 Å². The minimum atomic E-state index is -0.272. The van der Waals surface area contributed by atoms with E-state index < -0.39 is 0 Å². The maximum Gasteiger partial charge on any atom is 0.321 e. The number of carbonyl (C=O) groups excluding carboxylic acids is 1. The van der Waals surface area contributed by atoms with Crippen molar-refractivity contribution in [2.24, 2.45) is 0 Å². The van der Waals surface area contributed by atoms with Crippen LogP contribution in [0.25, 0.3) is 5.00 Å². The Morgan fingerprint density at radius 3 is 3.08 bits per heavy atom. The molecule has 0 fully saturated rings. The Balaban J connectivity index is 1.33. The standard InChI is InChI=1S/C15H16N6OS2/c22-14(18-15-17-11-4-1-2-5-12(11)24-15)16-8-10-9-21(20-19-10)13-6-3-7-23-13/h3,6-7,9H,1-2,4-5,8H2,(H2,16,17,18,22). The average molecular weight is 360 g/mol. The minimum Gasteiger partial charge on any atom is -0.332 e. The number of urea groups is 1. The highest BCUT2D eigenvalue weighted by Gasteiger charge is 2.16. The van der Waals surface area contributed by atoms with E-state index in [4.69, 9.17) is 0 Å². The molecule has 0 atom stereocenters. The van der Waals surface area contributed by atoms with Gasteiger partial charge in [-0.3, -0.25) is 5.32 Å². The van der Waals surface area contributed by atoms with Gasteiger partial charge in [-0.15, -0.1) is 27.8 Å². The smallest absolute Gasteiger partial charge is 0.321 e. The zero-order valence-corrected chi connectivity index (χ0v) is 14.5. The molecule has 0 saturated heterocycles. The average Bonchev–Trinajstić information content (AvgIpc) is 3.31. The molecule has 3 heterocycles. The van der Waals surface area contributed by atoms with E-state index in [1.807, 2.05) is 23.7 Å². The zero-order valence-electron chi connectivity index (χ0n) is 12.9. The highest BCUT2D eigenvalue weighted by Crippen LogP contribution is 2.29. The van der Waals surface area contributed by atoms with E-state index in [1.165, 1.54) is 17.7 Å². The van der Waals surface area contributed by atoms with E-state index in [0.717, 1.165) is 23.5 Å². The summed E-state index contributed by atoms with van der Waals surface area (Å²) in [5.41, 5.74) is 1.84. The number of thiophene rings is 1. The van der Waals surface area contributed by atoms with E-state index in [1.54, 1.807) is 27.4 Å². The summed E-state index contributed by atoms with van der Waals surface area (Å²) in [6.07, 6.45) is 6.29. The number of nitrogens with zero attached hydrogens (tertiary/aromatic N) is 4. The van der Waals surface area contributed by atoms with Crippen molar-refractivity contribution in [1.82, 2.24) is 25.3 Å². The second-order valence-corrected chi connectivity index (χ2v) is 7.52. The van der Waals surface area contributed by atoms with E-state index in [-0.39, 0.29) is 6.03 Å². The van der Waals surface area contributed by atoms with Crippen molar-refractivity contribution < 1.29 is 4.79 Å². The summed E-state index contributed by atoms with van der Waals surface area (Å²) in [6.45, 7) is 0.322. The highest BCUT2D eigenvalue weighted by molar-refractivity contribution is 7.15. The molecule has 3 aromatic rings. The van der Waals surface area contributed by atoms with Gasteiger partial charge < -0.3 is 5.32 Å². The summed E-state index contributed by atoms with van der Waals surface area (Å²) < 4.78 is 1.70. The summed E-state index contributed by atoms with van der Waals surface area (Å²) in [6, 6.07) is 3.65. The summed E-state index contributed by atoms with van der Waals surface area (Å²) >= 11 is 3.16. The molecule has 1 aliphatic rings. The summed E-state index contributed by atoms with van der Waals surface area (Å²) in [5.74, 6) is 0. The molecule has 124 valence electrons. The number of hydrogen-bond acceptors (Lipinski definition) is 6. The largest absolute Gasteiger partial charge is 0.332 e. The number of nitrogens with one attached hydrogen (secondary N) is 2. The first-order valence-corrected chi connectivity index (χ1v) is 9.46. The molecule has 1 aliphatic carbocycles. The molecule has 0 spiro atoms. The topological polar surface area (TPSA) is 84.7 Å². The summed E-state index contributed by atoms with van der Waals surface area (Å²) in [4.78, 5) is 17.8. The van der Waals surface area contributed by atoms with Crippen LogP contribution >= 0.6 is 22.7 Å². The second-order valence-electron chi connectivity index (χ2n) is 5.51. The third-order valence-corrected chi connectivity index (χ3v) is 5.70. The van der Waals surface area contributed by atoms with Crippen LogP contribution in [0, 0.1) is 0 Å². The van der Waals surface area contributed by atoms with Gasteiger partial charge in [0, 0.05) is 4.88 Å². The molecule has 0 unspecified atom stereocenters. The molecular formula is C15H16N6OS2. The van der Waals surface area contributed by atoms with Gasteiger partial charge in [0.25, 0.3) is 0 Å². The zero-order chi connectivity index (χ0) is 16.4. The van der Waals surface area contributed by atoms with Crippen LogP contribution in [0.2, 0.25) is 0 Å². The molecule has 0 bridgehead atoms. The lowest BCUT2D eigenvalue weighted by molar-refractivity contribution is 0.251. The minimum absolute atomic E-state index is 0.272. The Morgan fingerprint density at radius 1 is 1.33 bits per heavy atom. The SMILES string of the molecule is O=C(NCc1cn(-c2cccs2)nn1)Nc1nc2c(s1)CCCC2. The molecule has 2 N–H and O–H groups in total. The number of rotatable bonds is 4. The fraction of sp³-hybridized carbons (Fsp3) is 0.333. The Hall–Kier alpha value is -2.26. The molecule has 9 heteroatoms. The normalized spacial score (nSPS) is 13.5. The number of thiazole rings is 1. The number of aryl methyl sites for hydroxylation is 2. The van der Waals surface area contributed by atoms with Crippen LogP contribution < -0.4 is 10.6 Å². The Morgan fingerprint density at radius 2 is 2.25 bits per heavy atom. The first-order valence-electron chi connectivity index (χ1n) is 7.76. The molecule has 0 saturated carbocycles. The van der Waals surface area contributed by atoms with Crippen LogP contribution in [-0.2, 0) is 19.4 Å². The Labute approximate surface area is 146 Å². The maximum atomic E-state index is 12.0. The molecule has 4 rings (SSSR count). The fourth-order valence-corrected chi connectivity index (χ4v) is 4.30. The number of anilines is 1. The van der Waals surface area contributed by atoms with Crippen LogP contribution in [0.5, 0.6) is 0 Å². The van der Waals surface area contributed by atoms with Crippen molar-refractivity contribution in [2.45, 2.75) is 32.2 Å². The molecule has 0 radical (unpaired) electrons. The third kappa shape index (κ3) is 3.31. The quantitative estimate of drug-likeness (QED) is 0.749. The lowest BCUT2D eigenvalue weighted by Crippen LogP contribution is -2.28. The van der Waals surface area contributed by atoms with Crippen LogP contribution in [-0.4, -0.2) is 26.0 Å². The van der Waals surface area contributed by atoms with E-state index >= 15 is 0 Å².